The maximum atomic E-state index is 12.5. The summed E-state index contributed by atoms with van der Waals surface area (Å²) in [5.41, 5.74) is 1.66. The summed E-state index contributed by atoms with van der Waals surface area (Å²) in [6.45, 7) is 0. The van der Waals surface area contributed by atoms with Crippen molar-refractivity contribution >= 4 is 5.97 Å². The molecule has 0 unspecified atom stereocenters. The van der Waals surface area contributed by atoms with Crippen molar-refractivity contribution in [2.45, 2.75) is 6.10 Å². The summed E-state index contributed by atoms with van der Waals surface area (Å²) in [5.74, 6) is -1.10. The van der Waals surface area contributed by atoms with Crippen LogP contribution in [0.4, 0.5) is 0 Å². The molecular formula is C20H16O4. The number of carbonyl (C=O) groups is 1. The van der Waals surface area contributed by atoms with Gasteiger partial charge in [-0.1, -0.05) is 60.7 Å². The van der Waals surface area contributed by atoms with E-state index in [9.17, 15) is 15.0 Å². The second kappa shape index (κ2) is 6.87. The second-order valence-electron chi connectivity index (χ2n) is 5.31. The van der Waals surface area contributed by atoms with E-state index in [1.165, 1.54) is 12.1 Å². The summed E-state index contributed by atoms with van der Waals surface area (Å²) in [4.78, 5) is 12.5. The van der Waals surface area contributed by atoms with Gasteiger partial charge in [0.05, 0.1) is 0 Å². The van der Waals surface area contributed by atoms with Crippen LogP contribution in [0, 0.1) is 0 Å². The van der Waals surface area contributed by atoms with E-state index in [4.69, 9.17) is 4.74 Å². The predicted octanol–water partition coefficient (Wildman–Crippen LogP) is 4.04. The zero-order valence-electron chi connectivity index (χ0n) is 12.8. The predicted molar refractivity (Wildman–Crippen MR) is 89.9 cm³/mol. The summed E-state index contributed by atoms with van der Waals surface area (Å²) in [6.07, 6.45) is -0.590. The average Bonchev–Trinajstić information content (AvgIpc) is 2.61. The van der Waals surface area contributed by atoms with Crippen molar-refractivity contribution in [2.24, 2.45) is 0 Å². The highest BCUT2D eigenvalue weighted by Crippen LogP contribution is 2.29. The van der Waals surface area contributed by atoms with Gasteiger partial charge in [-0.15, -0.1) is 0 Å². The molecule has 2 N–H and O–H groups in total. The first-order valence-electron chi connectivity index (χ1n) is 7.48. The molecule has 3 aromatic carbocycles. The van der Waals surface area contributed by atoms with E-state index >= 15 is 0 Å². The molecule has 0 saturated heterocycles. The first-order chi connectivity index (χ1) is 11.6. The summed E-state index contributed by atoms with van der Waals surface area (Å²) >= 11 is 0. The molecule has 4 nitrogen and oxygen atoms in total. The number of esters is 1. The van der Waals surface area contributed by atoms with Crippen LogP contribution in [0.5, 0.6) is 11.5 Å². The lowest BCUT2D eigenvalue weighted by atomic mass is 10.0. The van der Waals surface area contributed by atoms with Crippen LogP contribution in [0.2, 0.25) is 0 Å². The van der Waals surface area contributed by atoms with Crippen molar-refractivity contribution in [3.63, 3.8) is 0 Å². The Balaban J connectivity index is 1.94. The molecule has 0 aromatic heterocycles. The highest BCUT2D eigenvalue weighted by molar-refractivity contribution is 5.92. The molecule has 0 amide bonds. The van der Waals surface area contributed by atoms with Crippen LogP contribution in [0.3, 0.4) is 0 Å². The Kier molecular flexibility index (Phi) is 4.47. The minimum atomic E-state index is -0.662. The molecule has 0 aliphatic heterocycles. The zero-order valence-corrected chi connectivity index (χ0v) is 12.8. The Hall–Kier alpha value is -3.27. The Morgan fingerprint density at radius 2 is 1.33 bits per heavy atom. The van der Waals surface area contributed by atoms with Gasteiger partial charge in [-0.3, -0.25) is 0 Å². The highest BCUT2D eigenvalue weighted by Gasteiger charge is 2.21. The molecule has 0 atom stereocenters. The number of phenolic OH excluding ortho intramolecular Hbond substituents is 2. The number of benzene rings is 3. The zero-order chi connectivity index (χ0) is 16.9. The summed E-state index contributed by atoms with van der Waals surface area (Å²) in [6, 6.07) is 22.5. The van der Waals surface area contributed by atoms with E-state index in [-0.39, 0.29) is 17.1 Å². The van der Waals surface area contributed by atoms with E-state index in [0.29, 0.717) is 0 Å². The van der Waals surface area contributed by atoms with Gasteiger partial charge in [-0.25, -0.2) is 4.79 Å². The molecule has 0 bridgehead atoms. The molecule has 0 radical (unpaired) electrons. The minimum absolute atomic E-state index is 0.00432. The molecule has 4 heteroatoms. The molecule has 0 fully saturated rings. The van der Waals surface area contributed by atoms with E-state index in [2.05, 4.69) is 0 Å². The number of ether oxygens (including phenoxy) is 1. The molecule has 3 rings (SSSR count). The van der Waals surface area contributed by atoms with Crippen LogP contribution in [-0.2, 0) is 4.74 Å². The Bertz CT molecular complexity index is 789. The molecular weight excluding hydrogens is 304 g/mol. The molecule has 0 aliphatic carbocycles. The Morgan fingerprint density at radius 1 is 0.792 bits per heavy atom. The van der Waals surface area contributed by atoms with E-state index in [1.54, 1.807) is 0 Å². The van der Waals surface area contributed by atoms with Gasteiger partial charge in [0.15, 0.2) is 6.10 Å². The van der Waals surface area contributed by atoms with Crippen molar-refractivity contribution in [3.8, 4) is 11.5 Å². The molecule has 0 heterocycles. The third-order valence-corrected chi connectivity index (χ3v) is 3.63. The van der Waals surface area contributed by atoms with Crippen LogP contribution in [0.1, 0.15) is 27.6 Å². The normalized spacial score (nSPS) is 10.5. The fraction of sp³-hybridized carbons (Fsp3) is 0.0500. The average molecular weight is 320 g/mol. The van der Waals surface area contributed by atoms with Gasteiger partial charge in [0, 0.05) is 6.07 Å². The highest BCUT2D eigenvalue weighted by atomic mass is 16.5. The van der Waals surface area contributed by atoms with Crippen molar-refractivity contribution < 1.29 is 19.7 Å². The van der Waals surface area contributed by atoms with Gasteiger partial charge in [0.2, 0.25) is 0 Å². The molecule has 0 aliphatic rings. The van der Waals surface area contributed by atoms with Crippen molar-refractivity contribution in [1.82, 2.24) is 0 Å². The fourth-order valence-corrected chi connectivity index (χ4v) is 2.45. The fourth-order valence-electron chi connectivity index (χ4n) is 2.45. The standard InChI is InChI=1S/C20H16O4/c21-16-11-12-17(18(22)13-16)20(23)24-19(14-7-3-1-4-8-14)15-9-5-2-6-10-15/h1-13,19,21-22H. The SMILES string of the molecule is O=C(OC(c1ccccc1)c1ccccc1)c1ccc(O)cc1O. The first kappa shape index (κ1) is 15.6. The molecule has 24 heavy (non-hydrogen) atoms. The largest absolute Gasteiger partial charge is 0.508 e. The van der Waals surface area contributed by atoms with Crippen LogP contribution >= 0.6 is 0 Å². The third-order valence-electron chi connectivity index (χ3n) is 3.63. The Morgan fingerprint density at radius 3 is 1.83 bits per heavy atom. The number of carbonyl (C=O) groups excluding carboxylic acids is 1. The number of aromatic hydroxyl groups is 2. The van der Waals surface area contributed by atoms with E-state index in [0.717, 1.165) is 17.2 Å². The molecule has 0 saturated carbocycles. The van der Waals surface area contributed by atoms with Gasteiger partial charge in [0.1, 0.15) is 17.1 Å². The van der Waals surface area contributed by atoms with E-state index < -0.39 is 12.1 Å². The van der Waals surface area contributed by atoms with Gasteiger partial charge in [-0.2, -0.15) is 0 Å². The van der Waals surface area contributed by atoms with Crippen LogP contribution < -0.4 is 0 Å². The lowest BCUT2D eigenvalue weighted by Gasteiger charge is -2.19. The molecule has 0 spiro atoms. The van der Waals surface area contributed by atoms with Crippen LogP contribution in [0.25, 0.3) is 0 Å². The second-order valence-corrected chi connectivity index (χ2v) is 5.31. The summed E-state index contributed by atoms with van der Waals surface area (Å²) in [5, 5.41) is 19.2. The van der Waals surface area contributed by atoms with E-state index in [1.807, 2.05) is 60.7 Å². The van der Waals surface area contributed by atoms with Crippen molar-refractivity contribution in [3.05, 3.63) is 95.6 Å². The third kappa shape index (κ3) is 3.38. The number of rotatable bonds is 4. The quantitative estimate of drug-likeness (QED) is 0.712. The lowest BCUT2D eigenvalue weighted by molar-refractivity contribution is 0.0375. The Labute approximate surface area is 139 Å². The monoisotopic (exact) mass is 320 g/mol. The first-order valence-corrected chi connectivity index (χ1v) is 7.48. The van der Waals surface area contributed by atoms with Gasteiger partial charge in [-0.05, 0) is 23.3 Å². The minimum Gasteiger partial charge on any atom is -0.508 e. The summed E-state index contributed by atoms with van der Waals surface area (Å²) < 4.78 is 5.65. The lowest BCUT2D eigenvalue weighted by Crippen LogP contribution is -2.13. The van der Waals surface area contributed by atoms with Crippen LogP contribution in [-0.4, -0.2) is 16.2 Å². The molecule has 120 valence electrons. The summed E-state index contributed by atoms with van der Waals surface area (Å²) in [7, 11) is 0. The van der Waals surface area contributed by atoms with Crippen molar-refractivity contribution in [1.29, 1.82) is 0 Å². The van der Waals surface area contributed by atoms with Gasteiger partial charge < -0.3 is 14.9 Å². The molecule has 3 aromatic rings. The van der Waals surface area contributed by atoms with Crippen LogP contribution in [0.15, 0.2) is 78.9 Å². The topological polar surface area (TPSA) is 66.8 Å². The van der Waals surface area contributed by atoms with Gasteiger partial charge in [0.25, 0.3) is 0 Å². The maximum Gasteiger partial charge on any atom is 0.342 e. The number of phenols is 2. The maximum absolute atomic E-state index is 12.5. The van der Waals surface area contributed by atoms with Crippen molar-refractivity contribution in [2.75, 3.05) is 0 Å². The van der Waals surface area contributed by atoms with Gasteiger partial charge >= 0.3 is 5.97 Å². The smallest absolute Gasteiger partial charge is 0.342 e. The number of hydrogen-bond donors (Lipinski definition) is 2. The number of hydrogen-bond acceptors (Lipinski definition) is 4.